The lowest BCUT2D eigenvalue weighted by Crippen LogP contribution is -2.92. The van der Waals surface area contributed by atoms with Crippen LogP contribution < -0.4 is 5.32 Å². The molecule has 1 fully saturated rings. The molecule has 2 N–H and O–H groups in total. The Kier molecular flexibility index (Phi) is 3.31. The van der Waals surface area contributed by atoms with Crippen LogP contribution in [0.3, 0.4) is 0 Å². The van der Waals surface area contributed by atoms with Crippen molar-refractivity contribution in [1.82, 2.24) is 0 Å². The van der Waals surface area contributed by atoms with Crippen LogP contribution in [0.15, 0.2) is 48.5 Å². The number of nitrogens with two attached hydrogens (primary N) is 1. The summed E-state index contributed by atoms with van der Waals surface area (Å²) in [4.78, 5) is 0. The highest BCUT2D eigenvalue weighted by Gasteiger charge is 2.35. The molecule has 108 valence electrons. The lowest BCUT2D eigenvalue weighted by Gasteiger charge is -2.29. The highest BCUT2D eigenvalue weighted by Crippen LogP contribution is 2.41. The molecule has 0 aliphatic heterocycles. The second kappa shape index (κ2) is 5.31. The summed E-state index contributed by atoms with van der Waals surface area (Å²) in [6, 6.07) is 19.2. The monoisotopic (exact) mass is 278 g/mol. The number of quaternary nitrogens is 1. The molecule has 0 amide bonds. The highest BCUT2D eigenvalue weighted by atomic mass is 15.0. The van der Waals surface area contributed by atoms with Crippen LogP contribution in [0, 0.1) is 5.92 Å². The minimum atomic E-state index is 0.503. The van der Waals surface area contributed by atoms with Crippen LogP contribution in [0.4, 0.5) is 0 Å². The molecule has 1 nitrogen and oxygen atoms in total. The van der Waals surface area contributed by atoms with E-state index in [1.165, 1.54) is 47.9 Å². The summed E-state index contributed by atoms with van der Waals surface area (Å²) in [7, 11) is 0. The fraction of sp³-hybridized carbons (Fsp3) is 0.400. The molecule has 0 unspecified atom stereocenters. The van der Waals surface area contributed by atoms with Gasteiger partial charge in [0.15, 0.2) is 0 Å². The molecule has 0 saturated heterocycles. The molecule has 2 aliphatic carbocycles. The van der Waals surface area contributed by atoms with Gasteiger partial charge in [-0.15, -0.1) is 0 Å². The summed E-state index contributed by atoms with van der Waals surface area (Å²) in [5, 5.41) is 2.66. The van der Waals surface area contributed by atoms with Crippen LogP contribution in [-0.2, 0) is 0 Å². The third kappa shape index (κ3) is 2.20. The Hall–Kier alpha value is -1.60. The summed E-state index contributed by atoms with van der Waals surface area (Å²) >= 11 is 0. The van der Waals surface area contributed by atoms with Gasteiger partial charge in [0, 0.05) is 17.0 Å². The van der Waals surface area contributed by atoms with Crippen LogP contribution in [-0.4, -0.2) is 6.04 Å². The van der Waals surface area contributed by atoms with Crippen molar-refractivity contribution in [3.63, 3.8) is 0 Å². The molecule has 0 radical (unpaired) electrons. The van der Waals surface area contributed by atoms with Gasteiger partial charge in [0.1, 0.15) is 6.04 Å². The Morgan fingerprint density at radius 1 is 0.810 bits per heavy atom. The Morgan fingerprint density at radius 2 is 1.38 bits per heavy atom. The van der Waals surface area contributed by atoms with Gasteiger partial charge < -0.3 is 5.32 Å². The van der Waals surface area contributed by atoms with E-state index in [4.69, 9.17) is 0 Å². The predicted octanol–water partition coefficient (Wildman–Crippen LogP) is 3.90. The predicted molar refractivity (Wildman–Crippen MR) is 87.1 cm³/mol. The number of fused-ring (bicyclic) bond motifs is 3. The van der Waals surface area contributed by atoms with E-state index < -0.39 is 0 Å². The van der Waals surface area contributed by atoms with Gasteiger partial charge in [0.2, 0.25) is 0 Å². The maximum Gasteiger partial charge on any atom is 0.139 e. The lowest BCUT2D eigenvalue weighted by molar-refractivity contribution is -0.726. The number of hydrogen-bond donors (Lipinski definition) is 1. The molecule has 0 spiro atoms. The van der Waals surface area contributed by atoms with E-state index >= 15 is 0 Å². The van der Waals surface area contributed by atoms with Crippen LogP contribution in [0.25, 0.3) is 11.1 Å². The average Bonchev–Trinajstić information content (AvgIpc) is 2.85. The third-order valence-electron chi connectivity index (χ3n) is 5.50. The average molecular weight is 278 g/mol. The SMILES string of the molecule is C[C@@H]1CCCC[C@H]1[NH2+]C1c2ccccc2-c2ccccc21. The highest BCUT2D eigenvalue weighted by molar-refractivity contribution is 5.77. The quantitative estimate of drug-likeness (QED) is 0.858. The van der Waals surface area contributed by atoms with E-state index in [2.05, 4.69) is 60.8 Å². The first-order valence-corrected chi connectivity index (χ1v) is 8.38. The smallest absolute Gasteiger partial charge is 0.139 e. The topological polar surface area (TPSA) is 16.6 Å². The van der Waals surface area contributed by atoms with Gasteiger partial charge in [-0.2, -0.15) is 0 Å². The summed E-state index contributed by atoms with van der Waals surface area (Å²) in [5.41, 5.74) is 5.91. The lowest BCUT2D eigenvalue weighted by atomic mass is 9.85. The number of hydrogen-bond acceptors (Lipinski definition) is 0. The van der Waals surface area contributed by atoms with E-state index in [9.17, 15) is 0 Å². The molecule has 1 heteroatoms. The molecule has 0 heterocycles. The molecule has 4 rings (SSSR count). The normalized spacial score (nSPS) is 24.6. The molecule has 2 aliphatic rings. The van der Waals surface area contributed by atoms with Gasteiger partial charge in [0.25, 0.3) is 0 Å². The molecular weight excluding hydrogens is 254 g/mol. The van der Waals surface area contributed by atoms with Crippen LogP contribution in [0.1, 0.15) is 49.8 Å². The maximum atomic E-state index is 2.66. The molecule has 21 heavy (non-hydrogen) atoms. The summed E-state index contributed by atoms with van der Waals surface area (Å²) in [6.07, 6.45) is 5.60. The van der Waals surface area contributed by atoms with Crippen molar-refractivity contribution >= 4 is 0 Å². The first kappa shape index (κ1) is 13.1. The molecule has 2 atom stereocenters. The van der Waals surface area contributed by atoms with Crippen molar-refractivity contribution in [2.75, 3.05) is 0 Å². The van der Waals surface area contributed by atoms with Crippen molar-refractivity contribution in [3.8, 4) is 11.1 Å². The summed E-state index contributed by atoms with van der Waals surface area (Å²) in [5.74, 6) is 0.846. The summed E-state index contributed by atoms with van der Waals surface area (Å²) in [6.45, 7) is 2.44. The second-order valence-corrected chi connectivity index (χ2v) is 6.77. The molecule has 0 aromatic heterocycles. The minimum Gasteiger partial charge on any atom is -0.334 e. The molecule has 2 aromatic rings. The van der Waals surface area contributed by atoms with Crippen LogP contribution in [0.5, 0.6) is 0 Å². The Bertz CT molecular complexity index is 600. The van der Waals surface area contributed by atoms with E-state index in [-0.39, 0.29) is 0 Å². The van der Waals surface area contributed by atoms with Crippen molar-refractivity contribution in [2.45, 2.75) is 44.7 Å². The van der Waals surface area contributed by atoms with Crippen molar-refractivity contribution < 1.29 is 5.32 Å². The zero-order valence-corrected chi connectivity index (χ0v) is 12.8. The fourth-order valence-electron chi connectivity index (χ4n) is 4.28. The van der Waals surface area contributed by atoms with E-state index in [1.807, 2.05) is 0 Å². The van der Waals surface area contributed by atoms with Gasteiger partial charge in [-0.25, -0.2) is 0 Å². The second-order valence-electron chi connectivity index (χ2n) is 6.77. The molecule has 0 bridgehead atoms. The zero-order chi connectivity index (χ0) is 14.2. The Balaban J connectivity index is 1.71. The fourth-order valence-corrected chi connectivity index (χ4v) is 4.28. The largest absolute Gasteiger partial charge is 0.334 e. The van der Waals surface area contributed by atoms with E-state index in [0.29, 0.717) is 6.04 Å². The Morgan fingerprint density at radius 3 is 2.00 bits per heavy atom. The van der Waals surface area contributed by atoms with Gasteiger partial charge in [0.05, 0.1) is 6.04 Å². The van der Waals surface area contributed by atoms with Gasteiger partial charge in [-0.05, 0) is 30.4 Å². The van der Waals surface area contributed by atoms with Gasteiger partial charge in [-0.3, -0.25) is 0 Å². The maximum absolute atomic E-state index is 2.66. The first-order chi connectivity index (χ1) is 10.3. The molecular formula is C20H24N+. The summed E-state index contributed by atoms with van der Waals surface area (Å²) < 4.78 is 0. The Labute approximate surface area is 127 Å². The van der Waals surface area contributed by atoms with Crippen molar-refractivity contribution in [3.05, 3.63) is 59.7 Å². The van der Waals surface area contributed by atoms with Gasteiger partial charge >= 0.3 is 0 Å². The van der Waals surface area contributed by atoms with E-state index in [0.717, 1.165) is 12.0 Å². The van der Waals surface area contributed by atoms with E-state index in [1.54, 1.807) is 0 Å². The molecule has 1 saturated carbocycles. The third-order valence-corrected chi connectivity index (χ3v) is 5.50. The number of benzene rings is 2. The number of rotatable bonds is 2. The zero-order valence-electron chi connectivity index (χ0n) is 12.8. The van der Waals surface area contributed by atoms with Crippen LogP contribution >= 0.6 is 0 Å². The standard InChI is InChI=1S/C20H23N/c1-14-8-2-7-13-19(14)21-20-17-11-5-3-9-15(17)16-10-4-6-12-18(16)20/h3-6,9-12,14,19-21H,2,7-8,13H2,1H3/p+1/t14-,19-/m1/s1. The molecule has 2 aromatic carbocycles. The van der Waals surface area contributed by atoms with Crippen LogP contribution in [0.2, 0.25) is 0 Å². The van der Waals surface area contributed by atoms with Crippen molar-refractivity contribution in [1.29, 1.82) is 0 Å². The van der Waals surface area contributed by atoms with Crippen molar-refractivity contribution in [2.24, 2.45) is 5.92 Å². The van der Waals surface area contributed by atoms with Gasteiger partial charge in [-0.1, -0.05) is 61.9 Å². The minimum absolute atomic E-state index is 0.503. The first-order valence-electron chi connectivity index (χ1n) is 8.38.